The molecule has 1 aromatic carbocycles. The van der Waals surface area contributed by atoms with Crippen LogP contribution in [0.4, 0.5) is 0 Å². The fourth-order valence-corrected chi connectivity index (χ4v) is 1.96. The fourth-order valence-electron chi connectivity index (χ4n) is 1.71. The standard InChI is InChI=1S/C14H22BrNO2/c1-11-10-13(4-5-14(11)15)12(2)16-6-3-8-18-9-7-17/h4-5,10,12,16-17H,3,6-9H2,1-2H3. The molecule has 0 saturated carbocycles. The first-order valence-electron chi connectivity index (χ1n) is 6.33. The Kier molecular flexibility index (Phi) is 7.51. The monoisotopic (exact) mass is 315 g/mol. The number of ether oxygens (including phenoxy) is 1. The minimum Gasteiger partial charge on any atom is -0.394 e. The number of aliphatic hydroxyl groups is 1. The largest absolute Gasteiger partial charge is 0.394 e. The molecule has 0 aliphatic carbocycles. The summed E-state index contributed by atoms with van der Waals surface area (Å²) in [5, 5.41) is 12.0. The van der Waals surface area contributed by atoms with E-state index < -0.39 is 0 Å². The maximum atomic E-state index is 8.56. The predicted molar refractivity (Wildman–Crippen MR) is 77.8 cm³/mol. The van der Waals surface area contributed by atoms with Crippen molar-refractivity contribution >= 4 is 15.9 Å². The van der Waals surface area contributed by atoms with E-state index in [2.05, 4.69) is 53.3 Å². The third-order valence-electron chi connectivity index (χ3n) is 2.83. The van der Waals surface area contributed by atoms with Crippen LogP contribution >= 0.6 is 15.9 Å². The molecule has 0 fully saturated rings. The van der Waals surface area contributed by atoms with Crippen molar-refractivity contribution in [3.63, 3.8) is 0 Å². The molecule has 0 aliphatic rings. The second kappa shape index (κ2) is 8.64. The molecule has 0 spiro atoms. The second-order valence-corrected chi connectivity index (χ2v) is 5.23. The Bertz CT molecular complexity index is 358. The van der Waals surface area contributed by atoms with Crippen LogP contribution in [0, 0.1) is 6.92 Å². The maximum absolute atomic E-state index is 8.56. The van der Waals surface area contributed by atoms with Gasteiger partial charge in [-0.25, -0.2) is 0 Å². The normalized spacial score (nSPS) is 12.7. The maximum Gasteiger partial charge on any atom is 0.0697 e. The highest BCUT2D eigenvalue weighted by Crippen LogP contribution is 2.20. The minimum absolute atomic E-state index is 0.0992. The molecule has 0 radical (unpaired) electrons. The molecule has 102 valence electrons. The van der Waals surface area contributed by atoms with Gasteiger partial charge in [0.15, 0.2) is 0 Å². The van der Waals surface area contributed by atoms with Crippen molar-refractivity contribution in [1.29, 1.82) is 0 Å². The topological polar surface area (TPSA) is 41.5 Å². The lowest BCUT2D eigenvalue weighted by atomic mass is 10.1. The van der Waals surface area contributed by atoms with Gasteiger partial charge < -0.3 is 15.2 Å². The van der Waals surface area contributed by atoms with Gasteiger partial charge in [0.25, 0.3) is 0 Å². The molecule has 0 aliphatic heterocycles. The summed E-state index contributed by atoms with van der Waals surface area (Å²) in [6.45, 7) is 6.41. The zero-order valence-corrected chi connectivity index (χ0v) is 12.7. The Morgan fingerprint density at radius 3 is 2.83 bits per heavy atom. The average molecular weight is 316 g/mol. The third-order valence-corrected chi connectivity index (χ3v) is 3.72. The van der Waals surface area contributed by atoms with Crippen molar-refractivity contribution < 1.29 is 9.84 Å². The molecule has 0 bridgehead atoms. The lowest BCUT2D eigenvalue weighted by Crippen LogP contribution is -2.21. The van der Waals surface area contributed by atoms with Crippen LogP contribution in [0.1, 0.15) is 30.5 Å². The van der Waals surface area contributed by atoms with Crippen LogP contribution in [-0.2, 0) is 4.74 Å². The van der Waals surface area contributed by atoms with Gasteiger partial charge in [0.2, 0.25) is 0 Å². The number of benzene rings is 1. The van der Waals surface area contributed by atoms with E-state index in [1.807, 2.05) is 0 Å². The summed E-state index contributed by atoms with van der Waals surface area (Å²) >= 11 is 3.51. The highest BCUT2D eigenvalue weighted by atomic mass is 79.9. The van der Waals surface area contributed by atoms with Gasteiger partial charge in [0.05, 0.1) is 13.2 Å². The molecule has 0 amide bonds. The van der Waals surface area contributed by atoms with Crippen LogP contribution in [0.3, 0.4) is 0 Å². The van der Waals surface area contributed by atoms with Gasteiger partial charge >= 0.3 is 0 Å². The molecule has 1 atom stereocenters. The summed E-state index contributed by atoms with van der Waals surface area (Å²) in [6, 6.07) is 6.77. The first-order chi connectivity index (χ1) is 8.65. The van der Waals surface area contributed by atoms with Crippen molar-refractivity contribution in [3.8, 4) is 0 Å². The molecular weight excluding hydrogens is 294 g/mol. The molecule has 1 rings (SSSR count). The quantitative estimate of drug-likeness (QED) is 0.725. The van der Waals surface area contributed by atoms with Crippen LogP contribution in [0.25, 0.3) is 0 Å². The van der Waals surface area contributed by atoms with Crippen molar-refractivity contribution in [1.82, 2.24) is 5.32 Å². The second-order valence-electron chi connectivity index (χ2n) is 4.37. The van der Waals surface area contributed by atoms with E-state index in [1.54, 1.807) is 0 Å². The summed E-state index contributed by atoms with van der Waals surface area (Å²) in [6.07, 6.45) is 0.958. The number of aliphatic hydroxyl groups excluding tert-OH is 1. The van der Waals surface area contributed by atoms with Gasteiger partial charge in [-0.3, -0.25) is 0 Å². The first kappa shape index (κ1) is 15.6. The van der Waals surface area contributed by atoms with Gasteiger partial charge in [0, 0.05) is 17.1 Å². The molecule has 0 heterocycles. The van der Waals surface area contributed by atoms with E-state index in [0.29, 0.717) is 19.3 Å². The SMILES string of the molecule is Cc1cc(C(C)NCCCOCCO)ccc1Br. The number of halogens is 1. The summed E-state index contributed by atoms with van der Waals surface area (Å²) in [7, 11) is 0. The van der Waals surface area contributed by atoms with E-state index in [1.165, 1.54) is 11.1 Å². The minimum atomic E-state index is 0.0992. The smallest absolute Gasteiger partial charge is 0.0697 e. The number of hydrogen-bond donors (Lipinski definition) is 2. The Morgan fingerprint density at radius 2 is 2.17 bits per heavy atom. The molecular formula is C14H22BrNO2. The zero-order valence-electron chi connectivity index (χ0n) is 11.1. The Balaban J connectivity index is 2.27. The van der Waals surface area contributed by atoms with Gasteiger partial charge in [-0.1, -0.05) is 28.1 Å². The third kappa shape index (κ3) is 5.48. The number of aryl methyl sites for hydroxylation is 1. The summed E-state index contributed by atoms with van der Waals surface area (Å²) in [5.74, 6) is 0. The predicted octanol–water partition coefficient (Wildman–Crippen LogP) is 2.81. The summed E-state index contributed by atoms with van der Waals surface area (Å²) < 4.78 is 6.36. The Labute approximate surface area is 118 Å². The summed E-state index contributed by atoms with van der Waals surface area (Å²) in [5.41, 5.74) is 2.56. The van der Waals surface area contributed by atoms with E-state index in [9.17, 15) is 0 Å². The van der Waals surface area contributed by atoms with Gasteiger partial charge in [-0.15, -0.1) is 0 Å². The molecule has 18 heavy (non-hydrogen) atoms. The van der Waals surface area contributed by atoms with Crippen LogP contribution < -0.4 is 5.32 Å². The highest BCUT2D eigenvalue weighted by Gasteiger charge is 2.05. The van der Waals surface area contributed by atoms with Crippen molar-refractivity contribution in [2.24, 2.45) is 0 Å². The van der Waals surface area contributed by atoms with Crippen LogP contribution in [0.5, 0.6) is 0 Å². The first-order valence-corrected chi connectivity index (χ1v) is 7.12. The molecule has 0 saturated heterocycles. The van der Waals surface area contributed by atoms with Gasteiger partial charge in [0.1, 0.15) is 0 Å². The highest BCUT2D eigenvalue weighted by molar-refractivity contribution is 9.10. The Hall–Kier alpha value is -0.420. The molecule has 2 N–H and O–H groups in total. The van der Waals surface area contributed by atoms with Gasteiger partial charge in [-0.05, 0) is 44.0 Å². The number of hydrogen-bond acceptors (Lipinski definition) is 3. The fraction of sp³-hybridized carbons (Fsp3) is 0.571. The lowest BCUT2D eigenvalue weighted by Gasteiger charge is -2.15. The number of nitrogens with one attached hydrogen (secondary N) is 1. The van der Waals surface area contributed by atoms with E-state index in [0.717, 1.165) is 17.4 Å². The molecule has 4 heteroatoms. The van der Waals surface area contributed by atoms with Crippen molar-refractivity contribution in [3.05, 3.63) is 33.8 Å². The molecule has 0 aromatic heterocycles. The van der Waals surface area contributed by atoms with Crippen LogP contribution in [0.2, 0.25) is 0 Å². The van der Waals surface area contributed by atoms with E-state index in [4.69, 9.17) is 9.84 Å². The lowest BCUT2D eigenvalue weighted by molar-refractivity contribution is 0.0904. The van der Waals surface area contributed by atoms with Crippen LogP contribution in [-0.4, -0.2) is 31.5 Å². The van der Waals surface area contributed by atoms with E-state index in [-0.39, 0.29) is 6.61 Å². The summed E-state index contributed by atoms with van der Waals surface area (Å²) in [4.78, 5) is 0. The number of rotatable bonds is 8. The van der Waals surface area contributed by atoms with Gasteiger partial charge in [-0.2, -0.15) is 0 Å². The zero-order chi connectivity index (χ0) is 13.4. The molecule has 1 unspecified atom stereocenters. The van der Waals surface area contributed by atoms with Crippen molar-refractivity contribution in [2.75, 3.05) is 26.4 Å². The van der Waals surface area contributed by atoms with Crippen molar-refractivity contribution in [2.45, 2.75) is 26.3 Å². The average Bonchev–Trinajstić information content (AvgIpc) is 2.36. The Morgan fingerprint density at radius 1 is 1.39 bits per heavy atom. The van der Waals surface area contributed by atoms with E-state index >= 15 is 0 Å². The van der Waals surface area contributed by atoms with Crippen LogP contribution in [0.15, 0.2) is 22.7 Å². The molecule has 3 nitrogen and oxygen atoms in total. The molecule has 1 aromatic rings.